The van der Waals surface area contributed by atoms with Crippen molar-refractivity contribution in [2.45, 2.75) is 26.4 Å². The number of nitrogens with one attached hydrogen (secondary N) is 1. The maximum atomic E-state index is 5.53. The van der Waals surface area contributed by atoms with Gasteiger partial charge in [-0.2, -0.15) is 0 Å². The van der Waals surface area contributed by atoms with E-state index in [1.165, 1.54) is 11.1 Å². The van der Waals surface area contributed by atoms with Crippen molar-refractivity contribution < 1.29 is 4.42 Å². The number of hydrogen-bond donors (Lipinski definition) is 1. The lowest BCUT2D eigenvalue weighted by molar-refractivity contribution is 0.446. The molecule has 0 spiro atoms. The van der Waals surface area contributed by atoms with Crippen molar-refractivity contribution in [3.63, 3.8) is 0 Å². The third-order valence-electron chi connectivity index (χ3n) is 2.86. The van der Waals surface area contributed by atoms with Crippen molar-refractivity contribution in [2.24, 2.45) is 0 Å². The second-order valence-electron chi connectivity index (χ2n) is 4.35. The fourth-order valence-corrected chi connectivity index (χ4v) is 2.36. The number of rotatable bonds is 4. The Hall–Kier alpha value is -0.580. The molecule has 0 aliphatic rings. The largest absolute Gasteiger partial charge is 0.452 e. The van der Waals surface area contributed by atoms with Gasteiger partial charge in [0.15, 0.2) is 4.67 Å². The lowest BCUT2D eigenvalue weighted by Crippen LogP contribution is -2.17. The number of furan rings is 1. The van der Waals surface area contributed by atoms with E-state index in [1.807, 2.05) is 6.07 Å². The van der Waals surface area contributed by atoms with Crippen molar-refractivity contribution in [1.29, 1.82) is 0 Å². The summed E-state index contributed by atoms with van der Waals surface area (Å²) in [6.07, 6.45) is 0. The molecule has 0 amide bonds. The molecule has 1 aromatic heterocycles. The first-order valence-electron chi connectivity index (χ1n) is 5.80. The Morgan fingerprint density at radius 3 is 2.44 bits per heavy atom. The zero-order valence-electron chi connectivity index (χ0n) is 10.3. The van der Waals surface area contributed by atoms with Gasteiger partial charge < -0.3 is 9.73 Å². The molecule has 0 aliphatic carbocycles. The van der Waals surface area contributed by atoms with E-state index in [-0.39, 0.29) is 0 Å². The zero-order chi connectivity index (χ0) is 13.1. The first-order valence-corrected chi connectivity index (χ1v) is 7.38. The van der Waals surface area contributed by atoms with E-state index in [0.717, 1.165) is 14.9 Å². The van der Waals surface area contributed by atoms with Gasteiger partial charge in [-0.05, 0) is 57.3 Å². The maximum Gasteiger partial charge on any atom is 0.183 e. The van der Waals surface area contributed by atoms with Gasteiger partial charge in [0.2, 0.25) is 0 Å². The third kappa shape index (κ3) is 3.46. The molecule has 2 rings (SSSR count). The summed E-state index contributed by atoms with van der Waals surface area (Å²) in [5, 5.41) is 3.44. The van der Waals surface area contributed by atoms with Gasteiger partial charge in [-0.1, -0.05) is 29.8 Å². The summed E-state index contributed by atoms with van der Waals surface area (Å²) in [5.74, 6) is 0.910. The van der Waals surface area contributed by atoms with Crippen LogP contribution in [0.15, 0.2) is 43.9 Å². The van der Waals surface area contributed by atoms with Crippen molar-refractivity contribution in [1.82, 2.24) is 5.32 Å². The summed E-state index contributed by atoms with van der Waals surface area (Å²) in [5.41, 5.74) is 2.56. The molecular weight excluding hydrogens is 358 g/mol. The lowest BCUT2D eigenvalue weighted by Gasteiger charge is -2.13. The quantitative estimate of drug-likeness (QED) is 0.820. The standard InChI is InChI=1S/C14H15Br2NO/c1-9-3-5-11(6-4-9)10(2)17-8-12-7-13(15)14(16)18-12/h3-7,10,17H,8H2,1-2H3/t10-/m1/s1. The van der Waals surface area contributed by atoms with Crippen molar-refractivity contribution in [3.05, 3.63) is 56.4 Å². The zero-order valence-corrected chi connectivity index (χ0v) is 13.5. The van der Waals surface area contributed by atoms with Gasteiger partial charge >= 0.3 is 0 Å². The second kappa shape index (κ2) is 6.04. The van der Waals surface area contributed by atoms with Crippen LogP contribution >= 0.6 is 31.9 Å². The molecule has 0 aliphatic heterocycles. The summed E-state index contributed by atoms with van der Waals surface area (Å²) in [7, 11) is 0. The fraction of sp³-hybridized carbons (Fsp3) is 0.286. The van der Waals surface area contributed by atoms with Crippen LogP contribution in [-0.4, -0.2) is 0 Å². The Kier molecular flexibility index (Phi) is 4.65. The van der Waals surface area contributed by atoms with E-state index < -0.39 is 0 Å². The molecule has 0 unspecified atom stereocenters. The molecule has 1 atom stereocenters. The summed E-state index contributed by atoms with van der Waals surface area (Å²) in [6.45, 7) is 4.96. The van der Waals surface area contributed by atoms with Gasteiger partial charge in [0.05, 0.1) is 11.0 Å². The summed E-state index contributed by atoms with van der Waals surface area (Å²) in [4.78, 5) is 0. The normalized spacial score (nSPS) is 12.7. The molecule has 0 saturated heterocycles. The van der Waals surface area contributed by atoms with Crippen molar-refractivity contribution >= 4 is 31.9 Å². The third-order valence-corrected chi connectivity index (χ3v) is 4.57. The molecule has 0 saturated carbocycles. The van der Waals surface area contributed by atoms with E-state index in [1.54, 1.807) is 0 Å². The van der Waals surface area contributed by atoms with E-state index in [2.05, 4.69) is 75.3 Å². The Morgan fingerprint density at radius 2 is 1.89 bits per heavy atom. The summed E-state index contributed by atoms with van der Waals surface area (Å²) < 4.78 is 7.21. The van der Waals surface area contributed by atoms with E-state index >= 15 is 0 Å². The van der Waals surface area contributed by atoms with Crippen LogP contribution in [0.1, 0.15) is 29.9 Å². The molecular formula is C14H15Br2NO. The minimum atomic E-state index is 0.299. The first-order chi connectivity index (χ1) is 8.56. The van der Waals surface area contributed by atoms with E-state index in [9.17, 15) is 0 Å². The van der Waals surface area contributed by atoms with Crippen molar-refractivity contribution in [3.8, 4) is 0 Å². The Morgan fingerprint density at radius 1 is 1.22 bits per heavy atom. The van der Waals surface area contributed by atoms with Gasteiger partial charge in [-0.15, -0.1) is 0 Å². The molecule has 18 heavy (non-hydrogen) atoms. The predicted octanol–water partition coefficient (Wildman–Crippen LogP) is 4.96. The Labute approximate surface area is 124 Å². The van der Waals surface area contributed by atoms with Gasteiger partial charge in [0, 0.05) is 6.04 Å². The molecule has 1 N–H and O–H groups in total. The van der Waals surface area contributed by atoms with Gasteiger partial charge in [0.25, 0.3) is 0 Å². The highest BCUT2D eigenvalue weighted by molar-refractivity contribution is 9.13. The second-order valence-corrected chi connectivity index (χ2v) is 5.92. The number of aryl methyl sites for hydroxylation is 1. The molecule has 0 bridgehead atoms. The topological polar surface area (TPSA) is 25.2 Å². The van der Waals surface area contributed by atoms with Crippen LogP contribution in [-0.2, 0) is 6.54 Å². The molecule has 1 heterocycles. The average Bonchev–Trinajstić information content (AvgIpc) is 2.67. The van der Waals surface area contributed by atoms with Gasteiger partial charge in [-0.3, -0.25) is 0 Å². The van der Waals surface area contributed by atoms with Crippen LogP contribution < -0.4 is 5.32 Å². The molecule has 4 heteroatoms. The van der Waals surface area contributed by atoms with Gasteiger partial charge in [-0.25, -0.2) is 0 Å². The number of hydrogen-bond acceptors (Lipinski definition) is 2. The van der Waals surface area contributed by atoms with E-state index in [4.69, 9.17) is 4.42 Å². The maximum absolute atomic E-state index is 5.53. The van der Waals surface area contributed by atoms with Crippen LogP contribution in [0.25, 0.3) is 0 Å². The molecule has 2 aromatic rings. The highest BCUT2D eigenvalue weighted by Crippen LogP contribution is 2.27. The van der Waals surface area contributed by atoms with Crippen LogP contribution in [0.3, 0.4) is 0 Å². The number of halogens is 2. The fourth-order valence-electron chi connectivity index (χ4n) is 1.71. The highest BCUT2D eigenvalue weighted by atomic mass is 79.9. The SMILES string of the molecule is Cc1ccc([C@@H](C)NCc2cc(Br)c(Br)o2)cc1. The molecule has 2 nitrogen and oxygen atoms in total. The van der Waals surface area contributed by atoms with E-state index in [0.29, 0.717) is 12.6 Å². The Bertz CT molecular complexity index is 500. The minimum absolute atomic E-state index is 0.299. The predicted molar refractivity (Wildman–Crippen MR) is 80.5 cm³/mol. The monoisotopic (exact) mass is 371 g/mol. The highest BCUT2D eigenvalue weighted by Gasteiger charge is 2.08. The molecule has 0 fully saturated rings. The Balaban J connectivity index is 1.95. The first kappa shape index (κ1) is 13.8. The molecule has 0 radical (unpaired) electrons. The van der Waals surface area contributed by atoms with Gasteiger partial charge in [0.1, 0.15) is 5.76 Å². The van der Waals surface area contributed by atoms with Crippen molar-refractivity contribution in [2.75, 3.05) is 0 Å². The number of benzene rings is 1. The smallest absolute Gasteiger partial charge is 0.183 e. The minimum Gasteiger partial charge on any atom is -0.452 e. The van der Waals surface area contributed by atoms with Crippen LogP contribution in [0, 0.1) is 6.92 Å². The summed E-state index contributed by atoms with van der Waals surface area (Å²) in [6, 6.07) is 10.8. The van der Waals surface area contributed by atoms with Crippen LogP contribution in [0.4, 0.5) is 0 Å². The molecule has 96 valence electrons. The average molecular weight is 373 g/mol. The lowest BCUT2D eigenvalue weighted by atomic mass is 10.1. The van der Waals surface area contributed by atoms with Crippen LogP contribution in [0.5, 0.6) is 0 Å². The summed E-state index contributed by atoms with van der Waals surface area (Å²) >= 11 is 6.74. The molecule has 1 aromatic carbocycles. The van der Waals surface area contributed by atoms with Crippen LogP contribution in [0.2, 0.25) is 0 Å².